The molecule has 1 aliphatic carbocycles. The average Bonchev–Trinajstić information content (AvgIpc) is 2.58. The van der Waals surface area contributed by atoms with Crippen LogP contribution in [0.3, 0.4) is 0 Å². The van der Waals surface area contributed by atoms with Gasteiger partial charge in [-0.25, -0.2) is 0 Å². The topological polar surface area (TPSA) is 64.6 Å². The Morgan fingerprint density at radius 1 is 1.27 bits per heavy atom. The number of hydrogen-bond donors (Lipinski definition) is 1. The molecule has 0 amide bonds. The van der Waals surface area contributed by atoms with E-state index in [1.807, 2.05) is 24.3 Å². The highest BCUT2D eigenvalue weighted by Gasteiger charge is 2.46. The molecule has 0 saturated carbocycles. The van der Waals surface area contributed by atoms with Gasteiger partial charge in [0.2, 0.25) is 0 Å². The van der Waals surface area contributed by atoms with E-state index >= 15 is 0 Å². The number of nitrogens with one attached hydrogen (secondary N) is 1. The fourth-order valence-corrected chi connectivity index (χ4v) is 4.05. The van der Waals surface area contributed by atoms with Crippen molar-refractivity contribution in [2.24, 2.45) is 11.3 Å². The molecule has 26 heavy (non-hydrogen) atoms. The third-order valence-corrected chi connectivity index (χ3v) is 5.16. The highest BCUT2D eigenvalue weighted by molar-refractivity contribution is 6.00. The number of ether oxygens (including phenoxy) is 2. The third-order valence-electron chi connectivity index (χ3n) is 5.16. The molecule has 0 bridgehead atoms. The molecular formula is C21H25NO4. The van der Waals surface area contributed by atoms with Crippen molar-refractivity contribution in [3.05, 3.63) is 53.4 Å². The highest BCUT2D eigenvalue weighted by atomic mass is 16.5. The van der Waals surface area contributed by atoms with Crippen molar-refractivity contribution >= 4 is 11.8 Å². The largest absolute Gasteiger partial charge is 0.497 e. The van der Waals surface area contributed by atoms with E-state index in [9.17, 15) is 9.59 Å². The zero-order valence-electron chi connectivity index (χ0n) is 15.7. The van der Waals surface area contributed by atoms with Crippen molar-refractivity contribution in [3.8, 4) is 5.75 Å². The first-order valence-corrected chi connectivity index (χ1v) is 8.71. The van der Waals surface area contributed by atoms with E-state index in [0.717, 1.165) is 17.7 Å². The van der Waals surface area contributed by atoms with Gasteiger partial charge in [-0.3, -0.25) is 9.59 Å². The summed E-state index contributed by atoms with van der Waals surface area (Å²) in [5.41, 5.74) is 2.82. The van der Waals surface area contributed by atoms with Crippen molar-refractivity contribution in [2.45, 2.75) is 32.6 Å². The van der Waals surface area contributed by atoms with Gasteiger partial charge in [0.05, 0.1) is 14.2 Å². The number of allylic oxidation sites excluding steroid dienone is 2. The molecule has 1 aromatic carbocycles. The quantitative estimate of drug-likeness (QED) is 0.843. The SMILES string of the molecule is C=C1NC2=C(C(=O)CC(C)(C)C2)C(c2cccc(OC)c2)C1C(=O)OC. The summed E-state index contributed by atoms with van der Waals surface area (Å²) in [5.74, 6) is -0.737. The van der Waals surface area contributed by atoms with Crippen LogP contribution in [0.2, 0.25) is 0 Å². The molecule has 2 unspecified atom stereocenters. The summed E-state index contributed by atoms with van der Waals surface area (Å²) in [6, 6.07) is 7.49. The van der Waals surface area contributed by atoms with Gasteiger partial charge in [0.1, 0.15) is 11.7 Å². The first kappa shape index (κ1) is 18.2. The zero-order chi connectivity index (χ0) is 19.1. The molecule has 1 aromatic rings. The first-order chi connectivity index (χ1) is 12.3. The van der Waals surface area contributed by atoms with Crippen molar-refractivity contribution in [3.63, 3.8) is 0 Å². The maximum absolute atomic E-state index is 13.0. The minimum absolute atomic E-state index is 0.0676. The molecule has 2 aliphatic rings. The fourth-order valence-electron chi connectivity index (χ4n) is 4.05. The number of methoxy groups -OCH3 is 2. The van der Waals surface area contributed by atoms with E-state index in [0.29, 0.717) is 23.4 Å². The monoisotopic (exact) mass is 355 g/mol. The summed E-state index contributed by atoms with van der Waals surface area (Å²) in [6.07, 6.45) is 1.19. The Labute approximate surface area is 154 Å². The predicted molar refractivity (Wildman–Crippen MR) is 98.6 cm³/mol. The molecule has 0 fully saturated rings. The van der Waals surface area contributed by atoms with Crippen LogP contribution in [-0.2, 0) is 14.3 Å². The minimum atomic E-state index is -0.656. The summed E-state index contributed by atoms with van der Waals surface area (Å²) >= 11 is 0. The van der Waals surface area contributed by atoms with Crippen LogP contribution in [0.15, 0.2) is 47.8 Å². The average molecular weight is 355 g/mol. The lowest BCUT2D eigenvalue weighted by atomic mass is 9.66. The zero-order valence-corrected chi connectivity index (χ0v) is 15.7. The molecule has 2 atom stereocenters. The Morgan fingerprint density at radius 3 is 2.65 bits per heavy atom. The minimum Gasteiger partial charge on any atom is -0.497 e. The van der Waals surface area contributed by atoms with Crippen molar-refractivity contribution in [1.29, 1.82) is 0 Å². The summed E-state index contributed by atoms with van der Waals surface area (Å²) < 4.78 is 10.4. The highest BCUT2D eigenvalue weighted by Crippen LogP contribution is 2.48. The summed E-state index contributed by atoms with van der Waals surface area (Å²) in [6.45, 7) is 8.21. The summed E-state index contributed by atoms with van der Waals surface area (Å²) in [7, 11) is 2.95. The molecule has 138 valence electrons. The molecule has 1 N–H and O–H groups in total. The number of carbonyl (C=O) groups is 2. The van der Waals surface area contributed by atoms with Gasteiger partial charge in [-0.1, -0.05) is 32.6 Å². The first-order valence-electron chi connectivity index (χ1n) is 8.71. The van der Waals surface area contributed by atoms with Gasteiger partial charge < -0.3 is 14.8 Å². The lowest BCUT2D eigenvalue weighted by molar-refractivity contribution is -0.144. The molecule has 0 spiro atoms. The van der Waals surface area contributed by atoms with E-state index in [4.69, 9.17) is 9.47 Å². The molecular weight excluding hydrogens is 330 g/mol. The maximum atomic E-state index is 13.0. The molecule has 1 aliphatic heterocycles. The van der Waals surface area contributed by atoms with Crippen molar-refractivity contribution in [1.82, 2.24) is 5.32 Å². The van der Waals surface area contributed by atoms with Crippen LogP contribution in [0, 0.1) is 11.3 Å². The number of hydrogen-bond acceptors (Lipinski definition) is 5. The smallest absolute Gasteiger partial charge is 0.315 e. The van der Waals surface area contributed by atoms with Gasteiger partial charge >= 0.3 is 5.97 Å². The van der Waals surface area contributed by atoms with Crippen LogP contribution < -0.4 is 10.1 Å². The Kier molecular flexibility index (Phi) is 4.65. The van der Waals surface area contributed by atoms with Crippen LogP contribution in [0.4, 0.5) is 0 Å². The predicted octanol–water partition coefficient (Wildman–Crippen LogP) is 3.33. The van der Waals surface area contributed by atoms with Crippen molar-refractivity contribution < 1.29 is 19.1 Å². The molecule has 3 rings (SSSR count). The normalized spacial score (nSPS) is 24.6. The number of Topliss-reactive ketones (excluding diaryl/α,β-unsaturated/α-hetero) is 1. The van der Waals surface area contributed by atoms with Gasteiger partial charge in [-0.15, -0.1) is 0 Å². The molecule has 0 saturated heterocycles. The van der Waals surface area contributed by atoms with Crippen molar-refractivity contribution in [2.75, 3.05) is 14.2 Å². The van der Waals surface area contributed by atoms with Gasteiger partial charge in [0.25, 0.3) is 0 Å². The number of carbonyl (C=O) groups excluding carboxylic acids is 2. The second kappa shape index (κ2) is 6.63. The van der Waals surface area contributed by atoms with Crippen LogP contribution in [0.5, 0.6) is 5.75 Å². The Morgan fingerprint density at radius 2 is 2.00 bits per heavy atom. The maximum Gasteiger partial charge on any atom is 0.315 e. The van der Waals surface area contributed by atoms with Gasteiger partial charge in [-0.2, -0.15) is 0 Å². The molecule has 5 nitrogen and oxygen atoms in total. The Hall–Kier alpha value is -2.56. The summed E-state index contributed by atoms with van der Waals surface area (Å²) in [5, 5.41) is 3.23. The lowest BCUT2D eigenvalue weighted by Gasteiger charge is -2.42. The van der Waals surface area contributed by atoms with E-state index in [1.165, 1.54) is 7.11 Å². The van der Waals surface area contributed by atoms with Crippen LogP contribution >= 0.6 is 0 Å². The van der Waals surface area contributed by atoms with Gasteiger partial charge in [-0.05, 0) is 29.5 Å². The van der Waals surface area contributed by atoms with Gasteiger partial charge in [0, 0.05) is 29.3 Å². The van der Waals surface area contributed by atoms with E-state index in [-0.39, 0.29) is 11.2 Å². The van der Waals surface area contributed by atoms with Crippen LogP contribution in [0.1, 0.15) is 38.2 Å². The Balaban J connectivity index is 2.19. The standard InChI is InChI=1S/C21H25NO4/c1-12-17(20(24)26-5)18(13-7-6-8-14(9-13)25-4)19-15(22-12)10-21(2,3)11-16(19)23/h6-9,17-18,22H,1,10-11H2,2-5H3. The second-order valence-corrected chi connectivity index (χ2v) is 7.74. The third kappa shape index (κ3) is 3.14. The lowest BCUT2D eigenvalue weighted by Crippen LogP contribution is -2.43. The number of benzene rings is 1. The van der Waals surface area contributed by atoms with Crippen LogP contribution in [0.25, 0.3) is 0 Å². The fraction of sp³-hybridized carbons (Fsp3) is 0.429. The Bertz CT molecular complexity index is 806. The molecule has 0 radical (unpaired) electrons. The molecule has 5 heteroatoms. The second-order valence-electron chi connectivity index (χ2n) is 7.74. The number of ketones is 1. The molecule has 1 heterocycles. The van der Waals surface area contributed by atoms with E-state index < -0.39 is 17.8 Å². The number of rotatable bonds is 3. The van der Waals surface area contributed by atoms with Gasteiger partial charge in [0.15, 0.2) is 5.78 Å². The van der Waals surface area contributed by atoms with Crippen LogP contribution in [-0.4, -0.2) is 26.0 Å². The summed E-state index contributed by atoms with van der Waals surface area (Å²) in [4.78, 5) is 25.6. The number of esters is 1. The molecule has 0 aromatic heterocycles. The van der Waals surface area contributed by atoms with E-state index in [2.05, 4.69) is 25.7 Å². The van der Waals surface area contributed by atoms with E-state index in [1.54, 1.807) is 7.11 Å².